The van der Waals surface area contributed by atoms with Gasteiger partial charge in [0.05, 0.1) is 0 Å². The van der Waals surface area contributed by atoms with E-state index in [9.17, 15) is 4.79 Å². The van der Waals surface area contributed by atoms with Crippen molar-refractivity contribution in [3.63, 3.8) is 0 Å². The van der Waals surface area contributed by atoms with Crippen molar-refractivity contribution < 1.29 is 4.79 Å². The number of carbonyl (C=O) groups excluding carboxylic acids is 1. The summed E-state index contributed by atoms with van der Waals surface area (Å²) in [4.78, 5) is 12.3. The number of piperidine rings is 1. The van der Waals surface area contributed by atoms with Gasteiger partial charge < -0.3 is 16.0 Å². The predicted octanol–water partition coefficient (Wildman–Crippen LogP) is 2.01. The van der Waals surface area contributed by atoms with Crippen LogP contribution in [0.25, 0.3) is 0 Å². The molecule has 5 fully saturated rings. The third kappa shape index (κ3) is 2.43. The van der Waals surface area contributed by atoms with Crippen LogP contribution in [-0.4, -0.2) is 30.7 Å². The molecule has 0 unspecified atom stereocenters. The minimum absolute atomic E-state index is 0.0839. The molecule has 2 amide bonds. The van der Waals surface area contributed by atoms with Gasteiger partial charge in [0.2, 0.25) is 0 Å². The molecular formula is C16H27N3O. The molecule has 4 nitrogen and oxygen atoms in total. The average Bonchev–Trinajstić information content (AvgIpc) is 2.37. The number of carbonyl (C=O) groups is 1. The first-order valence-electron chi connectivity index (χ1n) is 8.50. The van der Waals surface area contributed by atoms with Gasteiger partial charge in [-0.05, 0) is 75.7 Å². The van der Waals surface area contributed by atoms with E-state index in [0.29, 0.717) is 6.04 Å². The summed E-state index contributed by atoms with van der Waals surface area (Å²) in [5.41, 5.74) is 0.140. The summed E-state index contributed by atoms with van der Waals surface area (Å²) < 4.78 is 0. The van der Waals surface area contributed by atoms with Gasteiger partial charge in [0, 0.05) is 18.1 Å². The summed E-state index contributed by atoms with van der Waals surface area (Å²) >= 11 is 0. The third-order valence-electron chi connectivity index (χ3n) is 6.05. The van der Waals surface area contributed by atoms with Crippen LogP contribution in [-0.2, 0) is 0 Å². The zero-order valence-electron chi connectivity index (χ0n) is 12.3. The summed E-state index contributed by atoms with van der Waals surface area (Å²) in [5, 5.41) is 9.93. The number of hydrogen-bond donors (Lipinski definition) is 3. The first-order valence-corrected chi connectivity index (χ1v) is 8.50. The molecule has 0 aromatic rings. The van der Waals surface area contributed by atoms with Gasteiger partial charge in [-0.25, -0.2) is 4.79 Å². The molecule has 0 aromatic heterocycles. The van der Waals surface area contributed by atoms with Crippen LogP contribution < -0.4 is 16.0 Å². The highest BCUT2D eigenvalue weighted by Gasteiger charge is 2.51. The molecule has 1 atom stereocenters. The number of hydrogen-bond acceptors (Lipinski definition) is 2. The van der Waals surface area contributed by atoms with E-state index in [-0.39, 0.29) is 11.6 Å². The maximum absolute atomic E-state index is 12.3. The SMILES string of the molecule is O=C(N[C@@H]1CCCNC1)NC12CC3CC(CC(C3)C1)C2. The van der Waals surface area contributed by atoms with E-state index in [1.165, 1.54) is 44.9 Å². The maximum Gasteiger partial charge on any atom is 0.315 e. The first-order chi connectivity index (χ1) is 9.71. The Morgan fingerprint density at radius 1 is 1.05 bits per heavy atom. The number of urea groups is 1. The van der Waals surface area contributed by atoms with Crippen LogP contribution in [0.2, 0.25) is 0 Å². The van der Waals surface area contributed by atoms with Crippen LogP contribution in [0.4, 0.5) is 4.79 Å². The largest absolute Gasteiger partial charge is 0.334 e. The van der Waals surface area contributed by atoms with Gasteiger partial charge in [0.1, 0.15) is 0 Å². The van der Waals surface area contributed by atoms with Crippen molar-refractivity contribution in [3.8, 4) is 0 Å². The quantitative estimate of drug-likeness (QED) is 0.723. The lowest BCUT2D eigenvalue weighted by Crippen LogP contribution is -2.62. The van der Waals surface area contributed by atoms with Crippen LogP contribution >= 0.6 is 0 Å². The molecule has 1 saturated heterocycles. The average molecular weight is 277 g/mol. The highest BCUT2D eigenvalue weighted by Crippen LogP contribution is 2.55. The normalized spacial score (nSPS) is 46.2. The third-order valence-corrected chi connectivity index (χ3v) is 6.05. The van der Waals surface area contributed by atoms with Crippen molar-refractivity contribution in [2.24, 2.45) is 17.8 Å². The van der Waals surface area contributed by atoms with Gasteiger partial charge in [-0.2, -0.15) is 0 Å². The van der Waals surface area contributed by atoms with E-state index in [4.69, 9.17) is 0 Å². The highest BCUT2D eigenvalue weighted by atomic mass is 16.2. The van der Waals surface area contributed by atoms with E-state index < -0.39 is 0 Å². The fraction of sp³-hybridized carbons (Fsp3) is 0.938. The second-order valence-corrected chi connectivity index (χ2v) is 7.84. The molecule has 4 saturated carbocycles. The van der Waals surface area contributed by atoms with E-state index in [1.807, 2.05) is 0 Å². The van der Waals surface area contributed by atoms with Crippen molar-refractivity contribution in [1.82, 2.24) is 16.0 Å². The van der Waals surface area contributed by atoms with Crippen LogP contribution in [0.5, 0.6) is 0 Å². The van der Waals surface area contributed by atoms with Crippen molar-refractivity contribution in [3.05, 3.63) is 0 Å². The van der Waals surface area contributed by atoms with E-state index in [2.05, 4.69) is 16.0 Å². The molecule has 0 aromatic carbocycles. The van der Waals surface area contributed by atoms with Gasteiger partial charge >= 0.3 is 6.03 Å². The summed E-state index contributed by atoms with van der Waals surface area (Å²) in [6.45, 7) is 2.02. The zero-order chi connectivity index (χ0) is 13.6. The molecule has 0 spiro atoms. The molecule has 112 valence electrons. The fourth-order valence-corrected chi connectivity index (χ4v) is 5.70. The molecule has 1 heterocycles. The summed E-state index contributed by atoms with van der Waals surface area (Å²) in [6.07, 6.45) is 10.3. The molecule has 3 N–H and O–H groups in total. The van der Waals surface area contributed by atoms with Gasteiger partial charge in [-0.3, -0.25) is 0 Å². The smallest absolute Gasteiger partial charge is 0.315 e. The van der Waals surface area contributed by atoms with Gasteiger partial charge in [-0.1, -0.05) is 0 Å². The number of rotatable bonds is 2. The molecule has 4 heteroatoms. The predicted molar refractivity (Wildman–Crippen MR) is 78.5 cm³/mol. The molecule has 0 radical (unpaired) electrons. The Labute approximate surface area is 121 Å². The molecule has 4 aliphatic carbocycles. The second kappa shape index (κ2) is 4.90. The second-order valence-electron chi connectivity index (χ2n) is 7.84. The van der Waals surface area contributed by atoms with E-state index in [1.54, 1.807) is 0 Å². The lowest BCUT2D eigenvalue weighted by atomic mass is 9.53. The van der Waals surface area contributed by atoms with Gasteiger partial charge in [0.15, 0.2) is 0 Å². The van der Waals surface area contributed by atoms with E-state index >= 15 is 0 Å². The van der Waals surface area contributed by atoms with Crippen LogP contribution in [0.3, 0.4) is 0 Å². The Balaban J connectivity index is 1.37. The minimum Gasteiger partial charge on any atom is -0.334 e. The van der Waals surface area contributed by atoms with Gasteiger partial charge in [-0.15, -0.1) is 0 Å². The minimum atomic E-state index is 0.0839. The molecule has 1 aliphatic heterocycles. The van der Waals surface area contributed by atoms with Crippen LogP contribution in [0.1, 0.15) is 51.4 Å². The molecule has 4 bridgehead atoms. The standard InChI is InChI=1S/C16H27N3O/c20-15(18-14-2-1-3-17-10-14)19-16-7-11-4-12(8-16)6-13(5-11)9-16/h11-14,17H,1-10H2,(H2,18,19,20)/t11?,12?,13?,14-,16?/m1/s1. The van der Waals surface area contributed by atoms with Crippen molar-refractivity contribution in [1.29, 1.82) is 0 Å². The molecular weight excluding hydrogens is 250 g/mol. The van der Waals surface area contributed by atoms with Crippen molar-refractivity contribution in [2.75, 3.05) is 13.1 Å². The Kier molecular flexibility index (Phi) is 3.17. The summed E-state index contributed by atoms with van der Waals surface area (Å²) in [5.74, 6) is 2.66. The Hall–Kier alpha value is -0.770. The zero-order valence-corrected chi connectivity index (χ0v) is 12.3. The van der Waals surface area contributed by atoms with Crippen molar-refractivity contribution >= 4 is 6.03 Å². The summed E-state index contributed by atoms with van der Waals surface area (Å²) in [7, 11) is 0. The highest BCUT2D eigenvalue weighted by molar-refractivity contribution is 5.75. The van der Waals surface area contributed by atoms with E-state index in [0.717, 1.165) is 37.3 Å². The van der Waals surface area contributed by atoms with Gasteiger partial charge in [0.25, 0.3) is 0 Å². The van der Waals surface area contributed by atoms with Crippen LogP contribution in [0, 0.1) is 17.8 Å². The summed E-state index contributed by atoms with van der Waals surface area (Å²) in [6, 6.07) is 0.401. The first kappa shape index (κ1) is 12.9. The Bertz CT molecular complexity index is 354. The Morgan fingerprint density at radius 3 is 2.25 bits per heavy atom. The fourth-order valence-electron chi connectivity index (χ4n) is 5.70. The lowest BCUT2D eigenvalue weighted by Gasteiger charge is -2.56. The van der Waals surface area contributed by atoms with Crippen LogP contribution in [0.15, 0.2) is 0 Å². The molecule has 5 aliphatic rings. The number of amides is 2. The monoisotopic (exact) mass is 277 g/mol. The lowest BCUT2D eigenvalue weighted by molar-refractivity contribution is -0.0137. The molecule has 20 heavy (non-hydrogen) atoms. The Morgan fingerprint density at radius 2 is 1.70 bits per heavy atom. The molecule has 5 rings (SSSR count). The van der Waals surface area contributed by atoms with Crippen molar-refractivity contribution in [2.45, 2.75) is 62.9 Å². The number of nitrogens with one attached hydrogen (secondary N) is 3. The topological polar surface area (TPSA) is 53.2 Å². The maximum atomic E-state index is 12.3.